The summed E-state index contributed by atoms with van der Waals surface area (Å²) in [5.74, 6) is 1.27. The van der Waals surface area contributed by atoms with Gasteiger partial charge in [0.05, 0.1) is 12.2 Å². The average Bonchev–Trinajstić information content (AvgIpc) is 2.74. The number of hydrogen-bond acceptors (Lipinski definition) is 8. The highest BCUT2D eigenvalue weighted by atomic mass is 16.5. The molecule has 162 valence electrons. The van der Waals surface area contributed by atoms with Crippen molar-refractivity contribution in [3.05, 3.63) is 36.2 Å². The van der Waals surface area contributed by atoms with Gasteiger partial charge in [-0.15, -0.1) is 0 Å². The largest absolute Gasteiger partial charge is 0.462 e. The van der Waals surface area contributed by atoms with Crippen molar-refractivity contribution >= 4 is 29.0 Å². The Morgan fingerprint density at radius 3 is 2.57 bits per heavy atom. The molecule has 0 amide bonds. The lowest BCUT2D eigenvalue weighted by Crippen LogP contribution is -2.42. The van der Waals surface area contributed by atoms with Crippen molar-refractivity contribution in [3.63, 3.8) is 0 Å². The van der Waals surface area contributed by atoms with E-state index in [1.165, 1.54) is 6.33 Å². The number of piperidine rings is 1. The highest BCUT2D eigenvalue weighted by Gasteiger charge is 2.24. The predicted molar refractivity (Wildman–Crippen MR) is 120 cm³/mol. The maximum absolute atomic E-state index is 12.1. The minimum atomic E-state index is -0.321. The molecule has 1 aromatic heterocycles. The molecule has 0 atom stereocenters. The van der Waals surface area contributed by atoms with Gasteiger partial charge in [-0.1, -0.05) is 13.8 Å². The van der Waals surface area contributed by atoms with Crippen molar-refractivity contribution in [2.45, 2.75) is 32.7 Å². The Hall–Kier alpha value is -2.87. The van der Waals surface area contributed by atoms with Gasteiger partial charge in [-0.3, -0.25) is 0 Å². The molecule has 0 radical (unpaired) electrons. The van der Waals surface area contributed by atoms with E-state index >= 15 is 0 Å². The van der Waals surface area contributed by atoms with Crippen LogP contribution < -0.4 is 16.0 Å². The Morgan fingerprint density at radius 2 is 1.93 bits per heavy atom. The van der Waals surface area contributed by atoms with Gasteiger partial charge in [0.15, 0.2) is 11.6 Å². The first-order valence-electron chi connectivity index (χ1n) is 10.4. The van der Waals surface area contributed by atoms with Crippen LogP contribution in [0.4, 0.5) is 23.0 Å². The third-order valence-electron chi connectivity index (χ3n) is 5.36. The summed E-state index contributed by atoms with van der Waals surface area (Å²) in [6, 6.07) is 7.49. The highest BCUT2D eigenvalue weighted by molar-refractivity contribution is 5.90. The predicted octanol–water partition coefficient (Wildman–Crippen LogP) is 3.15. The molecule has 0 aliphatic carbocycles. The Kier molecular flexibility index (Phi) is 7.10. The van der Waals surface area contributed by atoms with E-state index in [4.69, 9.17) is 10.5 Å². The van der Waals surface area contributed by atoms with Crippen LogP contribution in [0.1, 0.15) is 37.0 Å². The third kappa shape index (κ3) is 5.38. The van der Waals surface area contributed by atoms with Gasteiger partial charge in [-0.2, -0.15) is 0 Å². The molecule has 1 fully saturated rings. The van der Waals surface area contributed by atoms with Crippen LogP contribution >= 0.6 is 0 Å². The van der Waals surface area contributed by atoms with Gasteiger partial charge in [0.25, 0.3) is 0 Å². The minimum absolute atomic E-state index is 0.303. The number of rotatable bonds is 7. The van der Waals surface area contributed by atoms with Crippen molar-refractivity contribution in [3.8, 4) is 0 Å². The number of benzene rings is 1. The van der Waals surface area contributed by atoms with E-state index in [9.17, 15) is 4.79 Å². The average molecular weight is 413 g/mol. The van der Waals surface area contributed by atoms with E-state index in [0.29, 0.717) is 35.6 Å². The van der Waals surface area contributed by atoms with Crippen molar-refractivity contribution in [2.75, 3.05) is 49.7 Å². The van der Waals surface area contributed by atoms with E-state index in [0.717, 1.165) is 37.4 Å². The third-order valence-corrected chi connectivity index (χ3v) is 5.36. The number of anilines is 4. The molecule has 0 spiro atoms. The number of hydrogen-bond donors (Lipinski definition) is 2. The van der Waals surface area contributed by atoms with E-state index in [2.05, 4.69) is 32.1 Å². The molecule has 3 N–H and O–H groups in total. The number of nitrogens with two attached hydrogens (primary N) is 1. The molecule has 30 heavy (non-hydrogen) atoms. The molecule has 0 bridgehead atoms. The number of carbonyl (C=O) groups excluding carboxylic acids is 1. The Balaban J connectivity index is 1.68. The molecule has 0 unspecified atom stereocenters. The van der Waals surface area contributed by atoms with Crippen LogP contribution in [0.15, 0.2) is 30.6 Å². The molecule has 2 heterocycles. The van der Waals surface area contributed by atoms with Gasteiger partial charge >= 0.3 is 5.97 Å². The SMILES string of the molecule is CC(C)COC(=O)c1ccc(Nc2ncnc(N(C)C3CCN(C)CC3)c2N)cc1. The molecule has 8 heteroatoms. The van der Waals surface area contributed by atoms with Gasteiger partial charge in [0.1, 0.15) is 12.0 Å². The summed E-state index contributed by atoms with van der Waals surface area (Å²) >= 11 is 0. The monoisotopic (exact) mass is 412 g/mol. The number of aromatic nitrogens is 2. The van der Waals surface area contributed by atoms with Gasteiger partial charge in [-0.25, -0.2) is 14.8 Å². The second kappa shape index (κ2) is 9.75. The number of likely N-dealkylation sites (tertiary alicyclic amines) is 1. The molecule has 3 rings (SSSR count). The first-order valence-corrected chi connectivity index (χ1v) is 10.4. The summed E-state index contributed by atoms with van der Waals surface area (Å²) in [6.45, 7) is 6.55. The standard InChI is InChI=1S/C22H32N6O2/c1-15(2)13-30-22(29)16-5-7-17(8-6-16)26-20-19(23)21(25-14-24-20)28(4)18-9-11-27(3)12-10-18/h5-8,14-15,18H,9-13,23H2,1-4H3,(H,24,25,26). The summed E-state index contributed by atoms with van der Waals surface area (Å²) in [5, 5.41) is 3.23. The van der Waals surface area contributed by atoms with Gasteiger partial charge in [-0.05, 0) is 63.2 Å². The van der Waals surface area contributed by atoms with Crippen LogP contribution in [0.5, 0.6) is 0 Å². The Bertz CT molecular complexity index is 847. The van der Waals surface area contributed by atoms with Crippen LogP contribution in [0.3, 0.4) is 0 Å². The minimum Gasteiger partial charge on any atom is -0.462 e. The van der Waals surface area contributed by atoms with Gasteiger partial charge in [0, 0.05) is 18.8 Å². The van der Waals surface area contributed by atoms with E-state index in [1.54, 1.807) is 12.1 Å². The molecule has 1 aliphatic heterocycles. The zero-order valence-corrected chi connectivity index (χ0v) is 18.3. The first-order chi connectivity index (χ1) is 14.3. The number of esters is 1. The molecular weight excluding hydrogens is 380 g/mol. The number of nitrogens with zero attached hydrogens (tertiary/aromatic N) is 4. The fourth-order valence-corrected chi connectivity index (χ4v) is 3.47. The number of carbonyl (C=O) groups is 1. The summed E-state index contributed by atoms with van der Waals surface area (Å²) in [7, 11) is 4.18. The Morgan fingerprint density at radius 1 is 1.27 bits per heavy atom. The highest BCUT2D eigenvalue weighted by Crippen LogP contribution is 2.30. The number of nitrogen functional groups attached to an aromatic ring is 1. The van der Waals surface area contributed by atoms with Crippen LogP contribution in [0.2, 0.25) is 0 Å². The quantitative estimate of drug-likeness (QED) is 0.670. The normalized spacial score (nSPS) is 15.2. The van der Waals surface area contributed by atoms with Crippen molar-refractivity contribution in [1.29, 1.82) is 0 Å². The summed E-state index contributed by atoms with van der Waals surface area (Å²) in [6.07, 6.45) is 3.68. The maximum Gasteiger partial charge on any atom is 0.338 e. The van der Waals surface area contributed by atoms with Gasteiger partial charge < -0.3 is 25.6 Å². The number of ether oxygens (including phenoxy) is 1. The molecule has 0 saturated carbocycles. The fraction of sp³-hybridized carbons (Fsp3) is 0.500. The second-order valence-corrected chi connectivity index (χ2v) is 8.30. The maximum atomic E-state index is 12.1. The first kappa shape index (κ1) is 21.8. The van der Waals surface area contributed by atoms with Crippen LogP contribution in [-0.4, -0.2) is 60.7 Å². The van der Waals surface area contributed by atoms with Crippen molar-refractivity contribution in [2.24, 2.45) is 5.92 Å². The summed E-state index contributed by atoms with van der Waals surface area (Å²) in [4.78, 5) is 25.3. The van der Waals surface area contributed by atoms with E-state index in [-0.39, 0.29) is 5.97 Å². The Labute approximate surface area is 178 Å². The second-order valence-electron chi connectivity index (χ2n) is 8.30. The molecule has 1 aromatic carbocycles. The zero-order chi connectivity index (χ0) is 21.7. The topological polar surface area (TPSA) is 96.6 Å². The van der Waals surface area contributed by atoms with Crippen molar-refractivity contribution in [1.82, 2.24) is 14.9 Å². The molecule has 1 saturated heterocycles. The summed E-state index contributed by atoms with van der Waals surface area (Å²) < 4.78 is 5.26. The van der Waals surface area contributed by atoms with E-state index in [1.807, 2.05) is 33.0 Å². The molecular formula is C22H32N6O2. The summed E-state index contributed by atoms with van der Waals surface area (Å²) in [5.41, 5.74) is 8.21. The molecule has 2 aromatic rings. The number of nitrogens with one attached hydrogen (secondary N) is 1. The zero-order valence-electron chi connectivity index (χ0n) is 18.3. The molecule has 1 aliphatic rings. The van der Waals surface area contributed by atoms with Crippen LogP contribution in [0.25, 0.3) is 0 Å². The lowest BCUT2D eigenvalue weighted by Gasteiger charge is -2.36. The van der Waals surface area contributed by atoms with Crippen LogP contribution in [-0.2, 0) is 4.74 Å². The lowest BCUT2D eigenvalue weighted by molar-refractivity contribution is 0.0459. The van der Waals surface area contributed by atoms with Crippen LogP contribution in [0, 0.1) is 5.92 Å². The smallest absolute Gasteiger partial charge is 0.338 e. The lowest BCUT2D eigenvalue weighted by atomic mass is 10.0. The fourth-order valence-electron chi connectivity index (χ4n) is 3.47. The molecule has 8 nitrogen and oxygen atoms in total. The van der Waals surface area contributed by atoms with E-state index < -0.39 is 0 Å². The van der Waals surface area contributed by atoms with Gasteiger partial charge in [0.2, 0.25) is 0 Å². The van der Waals surface area contributed by atoms with Crippen molar-refractivity contribution < 1.29 is 9.53 Å².